The normalized spacial score (nSPS) is 23.5. The number of halogens is 1. The second-order valence-electron chi connectivity index (χ2n) is 15.4. The molecule has 55 heavy (non-hydrogen) atoms. The predicted molar refractivity (Wildman–Crippen MR) is 196 cm³/mol. The molecule has 1 saturated heterocycles. The second-order valence-corrected chi connectivity index (χ2v) is 17.3. The number of likely N-dealkylation sites (tertiary alicyclic amines) is 1. The van der Waals surface area contributed by atoms with Gasteiger partial charge in [0.1, 0.15) is 35.1 Å². The fourth-order valence-electron chi connectivity index (χ4n) is 6.99. The molecule has 18 heteroatoms. The van der Waals surface area contributed by atoms with Gasteiger partial charge in [-0.15, -0.1) is 6.58 Å². The minimum atomic E-state index is -3.95. The Balaban J connectivity index is 1.42. The van der Waals surface area contributed by atoms with E-state index in [-0.39, 0.29) is 39.0 Å². The minimum Gasteiger partial charge on any atom is -0.444 e. The van der Waals surface area contributed by atoms with Crippen molar-refractivity contribution in [2.45, 2.75) is 107 Å². The van der Waals surface area contributed by atoms with Crippen molar-refractivity contribution in [3.8, 4) is 0 Å². The zero-order chi connectivity index (χ0) is 40.5. The number of hydrogen-bond acceptors (Lipinski definition) is 10. The van der Waals surface area contributed by atoms with Crippen LogP contribution in [0.1, 0.15) is 70.9 Å². The Morgan fingerprint density at radius 3 is 2.42 bits per heavy atom. The van der Waals surface area contributed by atoms with Crippen molar-refractivity contribution in [3.63, 3.8) is 0 Å². The smallest absolute Gasteiger partial charge is 0.410 e. The first-order chi connectivity index (χ1) is 25.8. The van der Waals surface area contributed by atoms with Gasteiger partial charge in [0.05, 0.1) is 24.9 Å². The summed E-state index contributed by atoms with van der Waals surface area (Å²) in [4.78, 5) is 85.1. The van der Waals surface area contributed by atoms with E-state index in [4.69, 9.17) is 9.47 Å². The Morgan fingerprint density at radius 2 is 1.84 bits per heavy atom. The summed E-state index contributed by atoms with van der Waals surface area (Å²) >= 11 is 0. The molecular formula is C37H49FN6O10S. The molecule has 16 nitrogen and oxygen atoms in total. The maximum Gasteiger partial charge on any atom is 0.410 e. The summed E-state index contributed by atoms with van der Waals surface area (Å²) in [6.45, 7) is 13.0. The lowest BCUT2D eigenvalue weighted by Gasteiger charge is -2.32. The molecule has 2 heterocycles. The lowest BCUT2D eigenvalue weighted by molar-refractivity contribution is -0.142. The number of rotatable bonds is 14. The van der Waals surface area contributed by atoms with Crippen LogP contribution < -0.4 is 15.4 Å². The summed E-state index contributed by atoms with van der Waals surface area (Å²) in [5.41, 5.74) is -1.59. The van der Waals surface area contributed by atoms with Crippen molar-refractivity contribution >= 4 is 45.8 Å². The van der Waals surface area contributed by atoms with Crippen LogP contribution in [0.25, 0.3) is 0 Å². The van der Waals surface area contributed by atoms with Crippen LogP contribution in [0.3, 0.4) is 0 Å². The average Bonchev–Trinajstić information content (AvgIpc) is 4.00. The van der Waals surface area contributed by atoms with Gasteiger partial charge >= 0.3 is 12.2 Å². The van der Waals surface area contributed by atoms with Gasteiger partial charge in [0.25, 0.3) is 5.91 Å². The van der Waals surface area contributed by atoms with Crippen LogP contribution in [-0.4, -0.2) is 113 Å². The van der Waals surface area contributed by atoms with Gasteiger partial charge in [-0.05, 0) is 63.7 Å². The molecule has 0 bridgehead atoms. The molecule has 5 atom stereocenters. The highest BCUT2D eigenvalue weighted by Crippen LogP contribution is 2.47. The number of nitrogens with zero attached hydrogens (tertiary/aromatic N) is 3. The summed E-state index contributed by atoms with van der Waals surface area (Å²) in [6, 6.07) is 1.63. The van der Waals surface area contributed by atoms with Crippen molar-refractivity contribution in [3.05, 3.63) is 60.5 Å². The number of carbonyl (C=O) groups is 6. The maximum atomic E-state index is 14.5. The third-order valence-electron chi connectivity index (χ3n) is 10.1. The number of benzene rings is 1. The highest BCUT2D eigenvalue weighted by atomic mass is 32.2. The SMILES string of the molecule is C=CCN(C[C@H](NC(=O)OC(C)(C)C)C(=O)N1C[C@H](OC(=O)N2Cc3cccc(F)c3C2)CC1C(=O)N[C@]1(C(=O)NS(=O)(=O)C2CC2)C[C@H]1CC)C(=O)C=C. The first-order valence-electron chi connectivity index (χ1n) is 18.2. The Kier molecular flexibility index (Phi) is 12.0. The summed E-state index contributed by atoms with van der Waals surface area (Å²) in [7, 11) is -3.95. The van der Waals surface area contributed by atoms with E-state index >= 15 is 0 Å². The van der Waals surface area contributed by atoms with Crippen molar-refractivity contribution in [1.29, 1.82) is 0 Å². The number of hydrogen-bond donors (Lipinski definition) is 3. The first-order valence-corrected chi connectivity index (χ1v) is 19.8. The molecule has 0 spiro atoms. The van der Waals surface area contributed by atoms with Crippen LogP contribution in [-0.2, 0) is 51.8 Å². The molecule has 2 saturated carbocycles. The topological polar surface area (TPSA) is 201 Å². The molecule has 2 aliphatic heterocycles. The number of fused-ring (bicyclic) bond motifs is 1. The van der Waals surface area contributed by atoms with E-state index < -0.39 is 98.7 Å². The Hall–Kier alpha value is -5.00. The van der Waals surface area contributed by atoms with Crippen LogP contribution in [0.15, 0.2) is 43.5 Å². The zero-order valence-corrected chi connectivity index (χ0v) is 32.3. The Labute approximate surface area is 319 Å². The third kappa shape index (κ3) is 9.45. The summed E-state index contributed by atoms with van der Waals surface area (Å²) in [5.74, 6) is -4.00. The maximum absolute atomic E-state index is 14.5. The zero-order valence-electron chi connectivity index (χ0n) is 31.5. The van der Waals surface area contributed by atoms with E-state index in [1.54, 1.807) is 33.8 Å². The largest absolute Gasteiger partial charge is 0.444 e. The Morgan fingerprint density at radius 1 is 1.13 bits per heavy atom. The molecular weight excluding hydrogens is 740 g/mol. The first kappa shape index (κ1) is 41.2. The number of ether oxygens (including phenoxy) is 2. The molecule has 4 aliphatic rings. The van der Waals surface area contributed by atoms with Crippen LogP contribution in [0.4, 0.5) is 14.0 Å². The van der Waals surface area contributed by atoms with Gasteiger partial charge < -0.3 is 29.9 Å². The fourth-order valence-corrected chi connectivity index (χ4v) is 8.36. The number of carbonyl (C=O) groups excluding carboxylic acids is 6. The van der Waals surface area contributed by atoms with Gasteiger partial charge in [-0.3, -0.25) is 28.8 Å². The number of alkyl carbamates (subject to hydrolysis) is 1. The molecule has 0 aromatic heterocycles. The highest BCUT2D eigenvalue weighted by molar-refractivity contribution is 7.91. The molecule has 300 valence electrons. The summed E-state index contributed by atoms with van der Waals surface area (Å²) in [5, 5.41) is 4.53. The third-order valence-corrected chi connectivity index (χ3v) is 11.9. The van der Waals surface area contributed by atoms with Gasteiger partial charge in [0.15, 0.2) is 0 Å². The fraction of sp³-hybridized carbons (Fsp3) is 0.568. The molecule has 1 aromatic carbocycles. The number of amides is 6. The van der Waals surface area contributed by atoms with Gasteiger partial charge in [0.2, 0.25) is 27.7 Å². The molecule has 6 amide bonds. The van der Waals surface area contributed by atoms with Gasteiger partial charge in [-0.25, -0.2) is 22.4 Å². The van der Waals surface area contributed by atoms with Crippen molar-refractivity contribution in [1.82, 2.24) is 30.1 Å². The van der Waals surface area contributed by atoms with Gasteiger partial charge in [-0.1, -0.05) is 38.1 Å². The molecule has 2 aliphatic carbocycles. The number of nitrogens with one attached hydrogen (secondary N) is 3. The molecule has 5 rings (SSSR count). The van der Waals surface area contributed by atoms with Crippen molar-refractivity contribution in [2.75, 3.05) is 19.6 Å². The molecule has 3 fully saturated rings. The van der Waals surface area contributed by atoms with Gasteiger partial charge in [-0.2, -0.15) is 0 Å². The lowest BCUT2D eigenvalue weighted by Crippen LogP contribution is -2.60. The average molecular weight is 789 g/mol. The summed E-state index contributed by atoms with van der Waals surface area (Å²) < 4.78 is 53.2. The Bertz CT molecular complexity index is 1860. The van der Waals surface area contributed by atoms with E-state index in [1.807, 2.05) is 0 Å². The van der Waals surface area contributed by atoms with Crippen LogP contribution in [0, 0.1) is 11.7 Å². The summed E-state index contributed by atoms with van der Waals surface area (Å²) in [6.07, 6.45) is 0.714. The quantitative estimate of drug-likeness (QED) is 0.186. The van der Waals surface area contributed by atoms with Gasteiger partial charge in [0, 0.05) is 25.1 Å². The molecule has 1 aromatic rings. The van der Waals surface area contributed by atoms with Crippen LogP contribution in [0.2, 0.25) is 0 Å². The van der Waals surface area contributed by atoms with Crippen molar-refractivity contribution < 1.29 is 51.0 Å². The van der Waals surface area contributed by atoms with Crippen LogP contribution >= 0.6 is 0 Å². The second kappa shape index (κ2) is 16.0. The lowest BCUT2D eigenvalue weighted by atomic mass is 10.1. The predicted octanol–water partition coefficient (Wildman–Crippen LogP) is 2.23. The minimum absolute atomic E-state index is 0.0343. The van der Waals surface area contributed by atoms with E-state index in [2.05, 4.69) is 28.5 Å². The molecule has 1 unspecified atom stereocenters. The molecule has 0 radical (unpaired) electrons. The van der Waals surface area contributed by atoms with Crippen LogP contribution in [0.5, 0.6) is 0 Å². The highest BCUT2D eigenvalue weighted by Gasteiger charge is 2.62. The van der Waals surface area contributed by atoms with E-state index in [0.29, 0.717) is 30.4 Å². The molecule has 3 N–H and O–H groups in total. The van der Waals surface area contributed by atoms with E-state index in [0.717, 1.165) is 11.0 Å². The number of sulfonamides is 1. The van der Waals surface area contributed by atoms with E-state index in [1.165, 1.54) is 28.0 Å². The van der Waals surface area contributed by atoms with Crippen molar-refractivity contribution in [2.24, 2.45) is 5.92 Å². The monoisotopic (exact) mass is 788 g/mol. The van der Waals surface area contributed by atoms with E-state index in [9.17, 15) is 41.6 Å². The standard InChI is InChI=1S/C37H49FN6O10S/c1-7-15-42(30(45)9-3)21-28(39-34(49)54-36(4,5)6)32(47)44-19-24(53-35(50)43-18-22-11-10-12-27(38)26(22)20-43)16-29(44)31(46)40-37(17-23(37)8-2)33(48)41-55(51,52)25-13-14-25/h7,9-12,23-25,28-29H,1,3,8,13-21H2,2,4-6H3,(H,39,49)(H,40,46)(H,41,48)/t23-,24-,28+,29?,37-/m1/s1.